The van der Waals surface area contributed by atoms with E-state index in [-0.39, 0.29) is 12.1 Å². The Morgan fingerprint density at radius 1 is 1.14 bits per heavy atom. The van der Waals surface area contributed by atoms with Crippen molar-refractivity contribution in [1.29, 1.82) is 0 Å². The summed E-state index contributed by atoms with van der Waals surface area (Å²) in [5, 5.41) is 6.54. The molecule has 1 aromatic carbocycles. The Morgan fingerprint density at radius 2 is 1.86 bits per heavy atom. The van der Waals surface area contributed by atoms with Gasteiger partial charge in [0.25, 0.3) is 5.56 Å². The van der Waals surface area contributed by atoms with Crippen molar-refractivity contribution < 1.29 is 0 Å². The lowest BCUT2D eigenvalue weighted by Crippen LogP contribution is -2.62. The number of rotatable bonds is 6. The lowest BCUT2D eigenvalue weighted by Gasteiger charge is -2.46. The van der Waals surface area contributed by atoms with Gasteiger partial charge in [0, 0.05) is 23.7 Å². The van der Waals surface area contributed by atoms with Crippen molar-refractivity contribution in [3.05, 3.63) is 58.3 Å². The predicted molar refractivity (Wildman–Crippen MR) is 142 cm³/mol. The van der Waals surface area contributed by atoms with Crippen LogP contribution in [0.1, 0.15) is 46.0 Å². The van der Waals surface area contributed by atoms with Crippen molar-refractivity contribution in [3.63, 3.8) is 0 Å². The number of hydrogen-bond acceptors (Lipinski definition) is 6. The van der Waals surface area contributed by atoms with Crippen molar-refractivity contribution >= 4 is 27.8 Å². The summed E-state index contributed by atoms with van der Waals surface area (Å²) in [6.45, 7) is 12.4. The van der Waals surface area contributed by atoms with Crippen molar-refractivity contribution in [2.75, 3.05) is 11.9 Å². The Kier molecular flexibility index (Phi) is 6.16. The maximum absolute atomic E-state index is 13.7. The van der Waals surface area contributed by atoms with Crippen LogP contribution in [0, 0.1) is 18.8 Å². The van der Waals surface area contributed by atoms with Crippen LogP contribution in [0.25, 0.3) is 21.8 Å². The molecule has 4 aromatic rings. The summed E-state index contributed by atoms with van der Waals surface area (Å²) < 4.78 is 3.32. The first-order chi connectivity index (χ1) is 16.5. The molecule has 0 radical (unpaired) electrons. The summed E-state index contributed by atoms with van der Waals surface area (Å²) in [5.41, 5.74) is 7.97. The smallest absolute Gasteiger partial charge is 0.293 e. The summed E-state index contributed by atoms with van der Waals surface area (Å²) in [7, 11) is 1.94. The topological polar surface area (TPSA) is 94.9 Å². The van der Waals surface area contributed by atoms with Gasteiger partial charge in [0.05, 0.1) is 30.5 Å². The van der Waals surface area contributed by atoms with E-state index in [1.165, 1.54) is 4.68 Å². The Labute approximate surface area is 205 Å². The monoisotopic (exact) mass is 471 g/mol. The lowest BCUT2D eigenvalue weighted by molar-refractivity contribution is 0.292. The van der Waals surface area contributed by atoms with E-state index in [9.17, 15) is 4.79 Å². The van der Waals surface area contributed by atoms with Gasteiger partial charge in [-0.15, -0.1) is 5.92 Å². The van der Waals surface area contributed by atoms with E-state index in [1.807, 2.05) is 67.6 Å². The molecule has 0 saturated heterocycles. The van der Waals surface area contributed by atoms with E-state index < -0.39 is 11.1 Å². The maximum Gasteiger partial charge on any atom is 0.293 e. The molecule has 0 bridgehead atoms. The molecule has 3 heterocycles. The largest absolute Gasteiger partial charge is 0.338 e. The Hall–Kier alpha value is -3.70. The first-order valence-electron chi connectivity index (χ1n) is 11.7. The maximum atomic E-state index is 13.7. The zero-order valence-corrected chi connectivity index (χ0v) is 21.5. The Bertz CT molecular complexity index is 1530. The first-order valence-corrected chi connectivity index (χ1v) is 11.7. The summed E-state index contributed by atoms with van der Waals surface area (Å²) >= 11 is 0. The highest BCUT2D eigenvalue weighted by Crippen LogP contribution is 2.31. The molecule has 2 N–H and O–H groups in total. The molecule has 0 unspecified atom stereocenters. The van der Waals surface area contributed by atoms with Crippen LogP contribution in [-0.4, -0.2) is 42.4 Å². The van der Waals surface area contributed by atoms with Crippen molar-refractivity contribution in [2.24, 2.45) is 5.73 Å². The number of fused-ring (bicyclic) bond motifs is 2. The second kappa shape index (κ2) is 8.82. The summed E-state index contributed by atoms with van der Waals surface area (Å²) in [5.74, 6) is 6.65. The third-order valence-electron chi connectivity index (χ3n) is 7.11. The fraction of sp³-hybridized carbons (Fsp3) is 0.407. The number of benzene rings is 1. The Balaban J connectivity index is 1.89. The predicted octanol–water partition coefficient (Wildman–Crippen LogP) is 3.47. The van der Waals surface area contributed by atoms with Gasteiger partial charge >= 0.3 is 0 Å². The average Bonchev–Trinajstić information content (AvgIpc) is 3.17. The molecule has 0 amide bonds. The molecular formula is C27H33N7O. The minimum absolute atomic E-state index is 0.232. The highest BCUT2D eigenvalue weighted by Gasteiger charge is 2.39. The molecule has 182 valence electrons. The number of hydrogen-bond donors (Lipinski definition) is 1. The van der Waals surface area contributed by atoms with Crippen LogP contribution in [-0.2, 0) is 13.1 Å². The number of nitrogens with zero attached hydrogens (tertiary/aromatic N) is 6. The number of imidazole rings is 1. The summed E-state index contributed by atoms with van der Waals surface area (Å²) in [4.78, 5) is 25.3. The Morgan fingerprint density at radius 3 is 2.54 bits per heavy atom. The highest BCUT2D eigenvalue weighted by atomic mass is 16.1. The minimum Gasteiger partial charge on any atom is -0.338 e. The molecule has 0 saturated carbocycles. The molecule has 3 aromatic heterocycles. The third kappa shape index (κ3) is 4.28. The standard InChI is InChI=1S/C27H33N7O/c1-8-9-14-33-23-21(31-25(33)32(7)27(5,6)26(3,4)28)16-29-34(24(23)35)17-22-20-13-11-10-12-19(20)15-18(2)30-22/h10-13,15-16H,14,17,28H2,1-7H3. The number of anilines is 1. The van der Waals surface area contributed by atoms with Crippen LogP contribution in [0.3, 0.4) is 0 Å². The van der Waals surface area contributed by atoms with Gasteiger partial charge in [0.15, 0.2) is 0 Å². The zero-order valence-electron chi connectivity index (χ0n) is 21.5. The van der Waals surface area contributed by atoms with Crippen LogP contribution in [0.2, 0.25) is 0 Å². The van der Waals surface area contributed by atoms with E-state index in [1.54, 1.807) is 13.1 Å². The third-order valence-corrected chi connectivity index (χ3v) is 7.11. The minimum atomic E-state index is -0.530. The fourth-order valence-electron chi connectivity index (χ4n) is 4.11. The van der Waals surface area contributed by atoms with E-state index in [0.717, 1.165) is 22.2 Å². The first kappa shape index (κ1) is 24.4. The second-order valence-electron chi connectivity index (χ2n) is 10.0. The lowest BCUT2D eigenvalue weighted by atomic mass is 9.82. The quantitative estimate of drug-likeness (QED) is 0.433. The van der Waals surface area contributed by atoms with Crippen molar-refractivity contribution in [2.45, 2.75) is 65.7 Å². The van der Waals surface area contributed by atoms with Gasteiger partial charge in [-0.2, -0.15) is 5.10 Å². The molecule has 8 heteroatoms. The van der Waals surface area contributed by atoms with Gasteiger partial charge in [-0.1, -0.05) is 30.2 Å². The van der Waals surface area contributed by atoms with E-state index in [4.69, 9.17) is 15.7 Å². The number of aryl methyl sites for hydroxylation is 1. The summed E-state index contributed by atoms with van der Waals surface area (Å²) in [6.07, 6.45) is 1.64. The summed E-state index contributed by atoms with van der Waals surface area (Å²) in [6, 6.07) is 10.1. The van der Waals surface area contributed by atoms with Crippen molar-refractivity contribution in [3.8, 4) is 11.8 Å². The zero-order chi connectivity index (χ0) is 25.5. The SMILES string of the molecule is CC#CCn1c(N(C)C(C)(C)C(C)(C)N)nc2cnn(Cc3nc(C)cc4ccccc34)c(=O)c21. The van der Waals surface area contributed by atoms with Crippen LogP contribution < -0.4 is 16.2 Å². The van der Waals surface area contributed by atoms with Gasteiger partial charge in [0.1, 0.15) is 11.0 Å². The normalized spacial score (nSPS) is 12.1. The molecular weight excluding hydrogens is 438 g/mol. The fourth-order valence-corrected chi connectivity index (χ4v) is 4.11. The van der Waals surface area contributed by atoms with E-state index in [0.29, 0.717) is 23.5 Å². The van der Waals surface area contributed by atoms with Gasteiger partial charge in [-0.25, -0.2) is 9.67 Å². The molecule has 0 spiro atoms. The van der Waals surface area contributed by atoms with Gasteiger partial charge in [-0.3, -0.25) is 14.3 Å². The molecule has 0 aliphatic rings. The van der Waals surface area contributed by atoms with E-state index in [2.05, 4.69) is 30.8 Å². The van der Waals surface area contributed by atoms with Crippen LogP contribution in [0.4, 0.5) is 5.95 Å². The van der Waals surface area contributed by atoms with Crippen LogP contribution in [0.5, 0.6) is 0 Å². The molecule has 4 rings (SSSR count). The van der Waals surface area contributed by atoms with Crippen LogP contribution >= 0.6 is 0 Å². The van der Waals surface area contributed by atoms with Crippen LogP contribution in [0.15, 0.2) is 41.3 Å². The molecule has 0 fully saturated rings. The molecule has 0 aliphatic heterocycles. The number of likely N-dealkylation sites (N-methyl/N-ethyl adjacent to an activating group) is 1. The molecule has 8 nitrogen and oxygen atoms in total. The number of aromatic nitrogens is 5. The molecule has 35 heavy (non-hydrogen) atoms. The highest BCUT2D eigenvalue weighted by molar-refractivity contribution is 5.85. The van der Waals surface area contributed by atoms with Crippen molar-refractivity contribution in [1.82, 2.24) is 24.3 Å². The average molecular weight is 472 g/mol. The van der Waals surface area contributed by atoms with Gasteiger partial charge < -0.3 is 10.6 Å². The number of pyridine rings is 1. The number of nitrogens with two attached hydrogens (primary N) is 1. The second-order valence-corrected chi connectivity index (χ2v) is 10.0. The van der Waals surface area contributed by atoms with Gasteiger partial charge in [-0.05, 0) is 53.0 Å². The van der Waals surface area contributed by atoms with E-state index >= 15 is 0 Å². The van der Waals surface area contributed by atoms with Gasteiger partial charge in [0.2, 0.25) is 5.95 Å². The molecule has 0 aliphatic carbocycles. The molecule has 0 atom stereocenters.